The van der Waals surface area contributed by atoms with Gasteiger partial charge in [0.25, 0.3) is 0 Å². The van der Waals surface area contributed by atoms with Crippen molar-refractivity contribution >= 4 is 90.7 Å². The average Bonchev–Trinajstić information content (AvgIpc) is 3.41. The van der Waals surface area contributed by atoms with E-state index in [9.17, 15) is 21.6 Å². The van der Waals surface area contributed by atoms with Crippen molar-refractivity contribution in [3.05, 3.63) is 124 Å². The van der Waals surface area contributed by atoms with Crippen molar-refractivity contribution in [1.82, 2.24) is 0 Å². The molecule has 10 heteroatoms. The van der Waals surface area contributed by atoms with Gasteiger partial charge in [-0.15, -0.1) is 23.5 Å². The molecule has 0 aliphatic rings. The Morgan fingerprint density at radius 1 is 0.447 bits per heavy atom. The number of aryl methyl sites for hydroxylation is 3. The first-order valence-electron chi connectivity index (χ1n) is 28.9. The second-order valence-corrected chi connectivity index (χ2v) is 24.4. The Hall–Kier alpha value is -3.57. The standard InChI is InChI=1S/C44H60S2.C22H29F3O3S2/c1-4-6-8-10-12-14-16-18-20-35-22-24-37-30-39(43(34-45)32-41(37)28-35)26-27-40-31-38-25-23-36(29-42(38)33-44(40)46-3)21-19-17-15-13-11-9-7-5-2;1-3-4-5-6-7-8-9-10-11-17-12-13-18-15-20(21(29-2)16-19(18)14-17)28-30(26,27)22(23,24)25/h22-33,45H,4-21,34H2,1-3H3;12-16H,3-11H2,1-2H3/b27-26+;. The topological polar surface area (TPSA) is 43.4 Å². The van der Waals surface area contributed by atoms with Gasteiger partial charge in [-0.05, 0) is 153 Å². The fourth-order valence-electron chi connectivity index (χ4n) is 10.1. The fourth-order valence-corrected chi connectivity index (χ4v) is 12.0. The van der Waals surface area contributed by atoms with Crippen LogP contribution in [0.3, 0.4) is 0 Å². The third-order valence-corrected chi connectivity index (χ3v) is 17.5. The number of alkyl halides is 3. The Kier molecular flexibility index (Phi) is 28.7. The number of thiol groups is 1. The largest absolute Gasteiger partial charge is 0.534 e. The summed E-state index contributed by atoms with van der Waals surface area (Å²) in [5.74, 6) is 0.440. The lowest BCUT2D eigenvalue weighted by Crippen LogP contribution is -2.28. The Labute approximate surface area is 471 Å². The lowest BCUT2D eigenvalue weighted by molar-refractivity contribution is -0.0500. The van der Waals surface area contributed by atoms with E-state index in [4.69, 9.17) is 12.6 Å². The summed E-state index contributed by atoms with van der Waals surface area (Å²) in [6.07, 6.45) is 43.7. The highest BCUT2D eigenvalue weighted by atomic mass is 32.2. The molecule has 0 saturated carbocycles. The molecule has 0 radical (unpaired) electrons. The molecule has 3 nitrogen and oxygen atoms in total. The second kappa shape index (κ2) is 34.4. The summed E-state index contributed by atoms with van der Waals surface area (Å²) in [6.45, 7) is 6.80. The van der Waals surface area contributed by atoms with Crippen LogP contribution in [0.15, 0.2) is 101 Å². The molecule has 0 fully saturated rings. The highest BCUT2D eigenvalue weighted by molar-refractivity contribution is 7.99. The number of hydrogen-bond donors (Lipinski definition) is 1. The Morgan fingerprint density at radius 3 is 1.20 bits per heavy atom. The zero-order chi connectivity index (χ0) is 54.6. The number of fused-ring (bicyclic) bond motifs is 3. The zero-order valence-corrected chi connectivity index (χ0v) is 50.0. The molecule has 76 heavy (non-hydrogen) atoms. The number of unbranched alkanes of at least 4 members (excludes halogenated alkanes) is 21. The van der Waals surface area contributed by atoms with Gasteiger partial charge in [0.2, 0.25) is 0 Å². The van der Waals surface area contributed by atoms with E-state index in [0.717, 1.165) is 41.3 Å². The predicted octanol–water partition coefficient (Wildman–Crippen LogP) is 22.2. The first-order valence-corrected chi connectivity index (χ1v) is 33.4. The molecule has 6 aromatic rings. The molecule has 416 valence electrons. The smallest absolute Gasteiger partial charge is 0.375 e. The van der Waals surface area contributed by atoms with Crippen LogP contribution in [-0.2, 0) is 35.1 Å². The predicted molar refractivity (Wildman–Crippen MR) is 332 cm³/mol. The van der Waals surface area contributed by atoms with Gasteiger partial charge in [0.15, 0.2) is 5.75 Å². The van der Waals surface area contributed by atoms with Gasteiger partial charge in [0.1, 0.15) is 0 Å². The van der Waals surface area contributed by atoms with E-state index < -0.39 is 15.6 Å². The van der Waals surface area contributed by atoms with Gasteiger partial charge in [-0.25, -0.2) is 0 Å². The molecule has 0 unspecified atom stereocenters. The lowest BCUT2D eigenvalue weighted by Gasteiger charge is -2.13. The molecule has 0 heterocycles. The van der Waals surface area contributed by atoms with Crippen molar-refractivity contribution in [3.8, 4) is 5.75 Å². The molecule has 0 aliphatic heterocycles. The zero-order valence-electron chi connectivity index (χ0n) is 46.6. The van der Waals surface area contributed by atoms with Crippen LogP contribution in [-0.4, -0.2) is 26.4 Å². The summed E-state index contributed by atoms with van der Waals surface area (Å²) in [6, 6.07) is 32.4. The molecule has 6 aromatic carbocycles. The first-order chi connectivity index (χ1) is 36.8. The molecule has 0 spiro atoms. The summed E-state index contributed by atoms with van der Waals surface area (Å²) in [5.41, 5.74) is 2.51. The molecule has 0 bridgehead atoms. The Morgan fingerprint density at radius 2 is 0.803 bits per heavy atom. The van der Waals surface area contributed by atoms with Crippen molar-refractivity contribution < 1.29 is 25.8 Å². The molecule has 0 aliphatic carbocycles. The minimum atomic E-state index is -5.70. The van der Waals surface area contributed by atoms with Crippen molar-refractivity contribution in [3.63, 3.8) is 0 Å². The molecule has 0 saturated heterocycles. The maximum absolute atomic E-state index is 12.7. The third-order valence-electron chi connectivity index (χ3n) is 14.7. The lowest BCUT2D eigenvalue weighted by atomic mass is 9.97. The van der Waals surface area contributed by atoms with Crippen molar-refractivity contribution in [2.24, 2.45) is 0 Å². The fraction of sp³-hybridized carbons (Fsp3) is 0.515. The average molecular weight is 1120 g/mol. The van der Waals surface area contributed by atoms with Crippen molar-refractivity contribution in [2.75, 3.05) is 12.5 Å². The summed E-state index contributed by atoms with van der Waals surface area (Å²) in [4.78, 5) is 1.69. The molecule has 6 rings (SSSR count). The molecule has 0 amide bonds. The van der Waals surface area contributed by atoms with Crippen molar-refractivity contribution in [1.29, 1.82) is 0 Å². The highest BCUT2D eigenvalue weighted by Crippen LogP contribution is 2.37. The van der Waals surface area contributed by atoms with Crippen LogP contribution in [0.1, 0.15) is 208 Å². The van der Waals surface area contributed by atoms with Gasteiger partial charge in [-0.3, -0.25) is 0 Å². The first kappa shape index (κ1) is 63.3. The summed E-state index contributed by atoms with van der Waals surface area (Å²) in [7, 11) is -5.70. The minimum absolute atomic E-state index is 0.303. The van der Waals surface area contributed by atoms with E-state index in [1.54, 1.807) is 18.4 Å². The van der Waals surface area contributed by atoms with Crippen LogP contribution >= 0.6 is 36.2 Å². The van der Waals surface area contributed by atoms with E-state index in [1.807, 2.05) is 23.9 Å². The van der Waals surface area contributed by atoms with Gasteiger partial charge in [-0.2, -0.15) is 34.2 Å². The van der Waals surface area contributed by atoms with E-state index >= 15 is 0 Å². The minimum Gasteiger partial charge on any atom is -0.375 e. The Balaban J connectivity index is 0.000000308. The molecular formula is C66H89F3O3S4. The van der Waals surface area contributed by atoms with Gasteiger partial charge in [0.05, 0.1) is 4.90 Å². The van der Waals surface area contributed by atoms with Crippen LogP contribution in [0.2, 0.25) is 0 Å². The van der Waals surface area contributed by atoms with Crippen LogP contribution in [0.25, 0.3) is 44.5 Å². The highest BCUT2D eigenvalue weighted by Gasteiger charge is 2.48. The maximum atomic E-state index is 12.7. The SMILES string of the molecule is CCCCCCCCCCc1ccc2cc(/C=C/c3cc4ccc(CCCCCCCCCC)cc4cc3SC)c(CS)cc2c1.CCCCCCCCCCc1ccc2cc(OS(=O)(=O)C(F)(F)F)c(SC)cc2c1. The molecule has 0 N–H and O–H groups in total. The maximum Gasteiger partial charge on any atom is 0.534 e. The van der Waals surface area contributed by atoms with Gasteiger partial charge >= 0.3 is 15.6 Å². The normalized spacial score (nSPS) is 12.1. The number of rotatable bonds is 34. The van der Waals surface area contributed by atoms with Crippen LogP contribution in [0.4, 0.5) is 13.2 Å². The molecule has 0 aromatic heterocycles. The quantitative estimate of drug-likeness (QED) is 0.0109. The van der Waals surface area contributed by atoms with E-state index in [2.05, 4.69) is 104 Å². The second-order valence-electron chi connectivity index (χ2n) is 20.8. The molecular weight excluding hydrogens is 1030 g/mol. The third kappa shape index (κ3) is 21.2. The number of benzene rings is 6. The van der Waals surface area contributed by atoms with E-state index in [-0.39, 0.29) is 5.75 Å². The number of hydrogen-bond acceptors (Lipinski definition) is 6. The van der Waals surface area contributed by atoms with E-state index in [0.29, 0.717) is 10.3 Å². The van der Waals surface area contributed by atoms with E-state index in [1.165, 1.54) is 221 Å². The van der Waals surface area contributed by atoms with Crippen LogP contribution in [0, 0.1) is 0 Å². The van der Waals surface area contributed by atoms with Crippen LogP contribution in [0.5, 0.6) is 5.75 Å². The summed E-state index contributed by atoms with van der Waals surface area (Å²) in [5, 5.41) is 6.85. The van der Waals surface area contributed by atoms with Crippen molar-refractivity contribution in [2.45, 2.75) is 215 Å². The Bertz CT molecular complexity index is 2690. The monoisotopic (exact) mass is 1110 g/mol. The van der Waals surface area contributed by atoms with Gasteiger partial charge < -0.3 is 4.18 Å². The number of thioether (sulfide) groups is 2. The summed E-state index contributed by atoms with van der Waals surface area (Å²) >= 11 is 7.72. The van der Waals surface area contributed by atoms with Gasteiger partial charge in [0, 0.05) is 10.6 Å². The molecule has 0 atom stereocenters. The number of halogens is 3. The van der Waals surface area contributed by atoms with Crippen LogP contribution < -0.4 is 4.18 Å². The van der Waals surface area contributed by atoms with Gasteiger partial charge in [-0.1, -0.05) is 222 Å². The summed E-state index contributed by atoms with van der Waals surface area (Å²) < 4.78 is 65.1.